The van der Waals surface area contributed by atoms with Gasteiger partial charge in [-0.2, -0.15) is 0 Å². The molecule has 3 rings (SSSR count). The number of carbonyl (C=O) groups is 1. The minimum Gasteiger partial charge on any atom is -0.447 e. The van der Waals surface area contributed by atoms with E-state index in [-0.39, 0.29) is 5.91 Å². The first-order chi connectivity index (χ1) is 12.9. The highest BCUT2D eigenvalue weighted by Gasteiger charge is 2.15. The summed E-state index contributed by atoms with van der Waals surface area (Å²) in [5, 5.41) is 12.0. The van der Waals surface area contributed by atoms with E-state index in [1.807, 2.05) is 37.5 Å². The smallest absolute Gasteiger partial charge is 0.273 e. The Kier molecular flexibility index (Phi) is 5.95. The van der Waals surface area contributed by atoms with E-state index in [1.165, 1.54) is 23.6 Å². The van der Waals surface area contributed by atoms with Gasteiger partial charge in [-0.1, -0.05) is 37.7 Å². The maximum atomic E-state index is 12.0. The van der Waals surface area contributed by atoms with E-state index in [4.69, 9.17) is 4.42 Å². The minimum atomic E-state index is -0.220. The average Bonchev–Trinajstić information content (AvgIpc) is 3.24. The molecule has 0 aliphatic heterocycles. The number of nitrogens with one attached hydrogen (secondary N) is 1. The molecule has 1 N–H and O–H groups in total. The lowest BCUT2D eigenvalue weighted by atomic mass is 10.2. The molecule has 0 radical (unpaired) electrons. The molecule has 0 fully saturated rings. The average molecular weight is 385 g/mol. The predicted octanol–water partition coefficient (Wildman–Crippen LogP) is 3.55. The summed E-state index contributed by atoms with van der Waals surface area (Å²) in [5.41, 5.74) is 2.48. The number of aryl methyl sites for hydroxylation is 2. The van der Waals surface area contributed by atoms with E-state index in [2.05, 4.69) is 39.6 Å². The zero-order chi connectivity index (χ0) is 19.4. The maximum Gasteiger partial charge on any atom is 0.273 e. The molecule has 1 aromatic carbocycles. The number of carbonyl (C=O) groups excluding carboxylic acids is 1. The van der Waals surface area contributed by atoms with Crippen molar-refractivity contribution in [1.82, 2.24) is 25.1 Å². The Morgan fingerprint density at radius 2 is 2.11 bits per heavy atom. The zero-order valence-electron chi connectivity index (χ0n) is 15.9. The predicted molar refractivity (Wildman–Crippen MR) is 104 cm³/mol. The second kappa shape index (κ2) is 8.39. The topological polar surface area (TPSA) is 85.8 Å². The van der Waals surface area contributed by atoms with E-state index >= 15 is 0 Å². The zero-order valence-corrected chi connectivity index (χ0v) is 16.7. The summed E-state index contributed by atoms with van der Waals surface area (Å²) in [6, 6.07) is 8.17. The van der Waals surface area contributed by atoms with Gasteiger partial charge in [0.2, 0.25) is 5.89 Å². The Labute approximate surface area is 162 Å². The third-order valence-corrected chi connectivity index (χ3v) is 4.75. The Bertz CT molecular complexity index is 932. The second-order valence-corrected chi connectivity index (χ2v) is 7.67. The van der Waals surface area contributed by atoms with Gasteiger partial charge in [-0.05, 0) is 37.5 Å². The van der Waals surface area contributed by atoms with Crippen LogP contribution in [0.25, 0.3) is 5.69 Å². The van der Waals surface area contributed by atoms with Gasteiger partial charge in [0.1, 0.15) is 12.1 Å². The van der Waals surface area contributed by atoms with E-state index in [0.717, 1.165) is 16.7 Å². The fourth-order valence-electron chi connectivity index (χ4n) is 2.50. The lowest BCUT2D eigenvalue weighted by Gasteiger charge is -2.08. The van der Waals surface area contributed by atoms with Crippen LogP contribution in [-0.2, 0) is 5.75 Å². The van der Waals surface area contributed by atoms with Crippen LogP contribution in [0, 0.1) is 19.8 Å². The van der Waals surface area contributed by atoms with Crippen LogP contribution < -0.4 is 5.32 Å². The number of aromatic nitrogens is 4. The summed E-state index contributed by atoms with van der Waals surface area (Å²) in [7, 11) is 0. The summed E-state index contributed by atoms with van der Waals surface area (Å²) in [4.78, 5) is 16.3. The van der Waals surface area contributed by atoms with Gasteiger partial charge in [0.15, 0.2) is 10.9 Å². The molecule has 8 heteroatoms. The summed E-state index contributed by atoms with van der Waals surface area (Å²) < 4.78 is 7.43. The molecule has 0 aliphatic carbocycles. The molecule has 2 heterocycles. The molecule has 1 amide bonds. The van der Waals surface area contributed by atoms with Crippen molar-refractivity contribution < 1.29 is 9.21 Å². The van der Waals surface area contributed by atoms with Crippen LogP contribution in [0.4, 0.5) is 0 Å². The van der Waals surface area contributed by atoms with Gasteiger partial charge in [0, 0.05) is 12.2 Å². The summed E-state index contributed by atoms with van der Waals surface area (Å²) in [5.74, 6) is 1.91. The van der Waals surface area contributed by atoms with Crippen LogP contribution in [-0.4, -0.2) is 32.2 Å². The SMILES string of the molecule is Cc1cccc(-n2c(C)nnc2SCc2nc(C(=O)NCC(C)C)co2)c1. The highest BCUT2D eigenvalue weighted by atomic mass is 32.2. The fraction of sp³-hybridized carbons (Fsp3) is 0.368. The molecule has 0 unspecified atom stereocenters. The molecule has 7 nitrogen and oxygen atoms in total. The molecule has 0 saturated carbocycles. The summed E-state index contributed by atoms with van der Waals surface area (Å²) in [6.45, 7) is 8.65. The molecule has 142 valence electrons. The van der Waals surface area contributed by atoms with Crippen LogP contribution in [0.2, 0.25) is 0 Å². The lowest BCUT2D eigenvalue weighted by Crippen LogP contribution is -2.27. The van der Waals surface area contributed by atoms with Crippen molar-refractivity contribution in [3.8, 4) is 5.69 Å². The normalized spacial score (nSPS) is 11.1. The third kappa shape index (κ3) is 4.77. The quantitative estimate of drug-likeness (QED) is 0.626. The molecule has 0 saturated heterocycles. The first-order valence-corrected chi connectivity index (χ1v) is 9.77. The van der Waals surface area contributed by atoms with Crippen molar-refractivity contribution in [3.05, 3.63) is 53.5 Å². The number of hydrogen-bond acceptors (Lipinski definition) is 6. The minimum absolute atomic E-state index is 0.220. The second-order valence-electron chi connectivity index (χ2n) is 6.72. The summed E-state index contributed by atoms with van der Waals surface area (Å²) in [6.07, 6.45) is 1.39. The van der Waals surface area contributed by atoms with Crippen molar-refractivity contribution in [2.45, 2.75) is 38.6 Å². The van der Waals surface area contributed by atoms with Gasteiger partial charge in [0.05, 0.1) is 5.75 Å². The van der Waals surface area contributed by atoms with Crippen molar-refractivity contribution in [2.24, 2.45) is 5.92 Å². The number of benzene rings is 1. The van der Waals surface area contributed by atoms with E-state index in [0.29, 0.717) is 29.8 Å². The highest BCUT2D eigenvalue weighted by molar-refractivity contribution is 7.98. The van der Waals surface area contributed by atoms with Crippen LogP contribution in [0.1, 0.15) is 41.6 Å². The van der Waals surface area contributed by atoms with E-state index in [9.17, 15) is 4.79 Å². The number of amides is 1. The fourth-order valence-corrected chi connectivity index (χ4v) is 3.35. The number of hydrogen-bond donors (Lipinski definition) is 1. The van der Waals surface area contributed by atoms with Gasteiger partial charge in [-0.25, -0.2) is 4.98 Å². The summed E-state index contributed by atoms with van der Waals surface area (Å²) >= 11 is 1.47. The van der Waals surface area contributed by atoms with Crippen LogP contribution in [0.15, 0.2) is 40.1 Å². The molecule has 27 heavy (non-hydrogen) atoms. The van der Waals surface area contributed by atoms with Crippen LogP contribution >= 0.6 is 11.8 Å². The Hall–Kier alpha value is -2.61. The number of rotatable bonds is 7. The first-order valence-electron chi connectivity index (χ1n) is 8.78. The van der Waals surface area contributed by atoms with Crippen LogP contribution in [0.3, 0.4) is 0 Å². The Balaban J connectivity index is 1.69. The number of nitrogens with zero attached hydrogens (tertiary/aromatic N) is 4. The highest BCUT2D eigenvalue weighted by Crippen LogP contribution is 2.25. The third-order valence-electron chi connectivity index (χ3n) is 3.84. The molecule has 2 aromatic heterocycles. The van der Waals surface area contributed by atoms with Gasteiger partial charge >= 0.3 is 0 Å². The van der Waals surface area contributed by atoms with Crippen molar-refractivity contribution in [1.29, 1.82) is 0 Å². The van der Waals surface area contributed by atoms with Gasteiger partial charge < -0.3 is 9.73 Å². The standard InChI is InChI=1S/C19H23N5O2S/c1-12(2)9-20-18(25)16-10-26-17(21-16)11-27-19-23-22-14(4)24(19)15-7-5-6-13(3)8-15/h5-8,10,12H,9,11H2,1-4H3,(H,20,25). The molecular formula is C19H23N5O2S. The Morgan fingerprint density at radius 3 is 2.85 bits per heavy atom. The van der Waals surface area contributed by atoms with Crippen LogP contribution in [0.5, 0.6) is 0 Å². The van der Waals surface area contributed by atoms with E-state index < -0.39 is 0 Å². The molecule has 0 spiro atoms. The number of thioether (sulfide) groups is 1. The van der Waals surface area contributed by atoms with E-state index in [1.54, 1.807) is 0 Å². The van der Waals surface area contributed by atoms with Crippen molar-refractivity contribution in [3.63, 3.8) is 0 Å². The monoisotopic (exact) mass is 385 g/mol. The molecule has 0 aliphatic rings. The largest absolute Gasteiger partial charge is 0.447 e. The molecule has 0 bridgehead atoms. The Morgan fingerprint density at radius 1 is 1.30 bits per heavy atom. The van der Waals surface area contributed by atoms with Crippen molar-refractivity contribution in [2.75, 3.05) is 6.54 Å². The molecular weight excluding hydrogens is 362 g/mol. The van der Waals surface area contributed by atoms with Crippen molar-refractivity contribution >= 4 is 17.7 Å². The maximum absolute atomic E-state index is 12.0. The molecule has 0 atom stereocenters. The van der Waals surface area contributed by atoms with Gasteiger partial charge in [-0.3, -0.25) is 9.36 Å². The molecule has 3 aromatic rings. The lowest BCUT2D eigenvalue weighted by molar-refractivity contribution is 0.0944. The van der Waals surface area contributed by atoms with Gasteiger partial charge in [0.25, 0.3) is 5.91 Å². The first kappa shape index (κ1) is 19.2. The number of oxazole rings is 1. The van der Waals surface area contributed by atoms with Gasteiger partial charge in [-0.15, -0.1) is 10.2 Å².